The molecule has 2 nitrogen and oxygen atoms in total. The molecule has 0 spiro atoms. The molecule has 1 aromatic carbocycles. The molecule has 0 bridgehead atoms. The lowest BCUT2D eigenvalue weighted by atomic mass is 9.96. The lowest BCUT2D eigenvalue weighted by Crippen LogP contribution is -2.45. The second-order valence-corrected chi connectivity index (χ2v) is 6.45. The van der Waals surface area contributed by atoms with E-state index in [-0.39, 0.29) is 12.1 Å². The van der Waals surface area contributed by atoms with Gasteiger partial charge in [-0.3, -0.25) is 4.90 Å². The van der Waals surface area contributed by atoms with E-state index in [0.29, 0.717) is 6.04 Å². The van der Waals surface area contributed by atoms with Crippen molar-refractivity contribution in [1.82, 2.24) is 4.90 Å². The van der Waals surface area contributed by atoms with Crippen LogP contribution in [0.2, 0.25) is 0 Å². The Bertz CT molecular complexity index is 431. The van der Waals surface area contributed by atoms with Crippen LogP contribution >= 0.6 is 0 Å². The van der Waals surface area contributed by atoms with Gasteiger partial charge in [-0.15, -0.1) is 0 Å². The fourth-order valence-corrected chi connectivity index (χ4v) is 3.55. The lowest BCUT2D eigenvalue weighted by Gasteiger charge is -2.38. The van der Waals surface area contributed by atoms with Gasteiger partial charge in [0.25, 0.3) is 0 Å². The van der Waals surface area contributed by atoms with Gasteiger partial charge in [0.1, 0.15) is 0 Å². The lowest BCUT2D eigenvalue weighted by molar-refractivity contribution is 0.0213. The summed E-state index contributed by atoms with van der Waals surface area (Å²) in [5.41, 5.74) is 2.50. The standard InChI is InChI=1S/C19H31NO/c1-4-6-14-20(15(3)5-2)18-13-9-11-16-10-7-8-12-17(16)19(18)21/h7-8,10,12,15,18-19,21H,4-6,9,11,13-14H2,1-3H3. The van der Waals surface area contributed by atoms with Gasteiger partial charge in [0.2, 0.25) is 0 Å². The van der Waals surface area contributed by atoms with Crippen molar-refractivity contribution in [3.8, 4) is 0 Å². The summed E-state index contributed by atoms with van der Waals surface area (Å²) in [5.74, 6) is 0. The van der Waals surface area contributed by atoms with Crippen LogP contribution in [0.1, 0.15) is 70.1 Å². The maximum atomic E-state index is 11.0. The molecule has 1 aromatic rings. The zero-order valence-electron chi connectivity index (χ0n) is 13.9. The summed E-state index contributed by atoms with van der Waals surface area (Å²) in [6, 6.07) is 9.27. The third kappa shape index (κ3) is 3.87. The molecule has 3 atom stereocenters. The molecule has 0 fully saturated rings. The van der Waals surface area contributed by atoms with Crippen LogP contribution in [-0.2, 0) is 6.42 Å². The van der Waals surface area contributed by atoms with E-state index in [1.807, 2.05) is 0 Å². The molecule has 0 radical (unpaired) electrons. The molecule has 0 saturated carbocycles. The normalized spacial score (nSPS) is 23.7. The van der Waals surface area contributed by atoms with E-state index in [4.69, 9.17) is 0 Å². The van der Waals surface area contributed by atoms with Gasteiger partial charge in [0, 0.05) is 12.1 Å². The van der Waals surface area contributed by atoms with Crippen LogP contribution in [0.5, 0.6) is 0 Å². The number of benzene rings is 1. The van der Waals surface area contributed by atoms with Crippen molar-refractivity contribution in [3.05, 3.63) is 35.4 Å². The van der Waals surface area contributed by atoms with Crippen LogP contribution in [0.4, 0.5) is 0 Å². The second-order valence-electron chi connectivity index (χ2n) is 6.45. The van der Waals surface area contributed by atoms with Crippen LogP contribution in [0, 0.1) is 0 Å². The molecule has 21 heavy (non-hydrogen) atoms. The molecule has 0 amide bonds. The smallest absolute Gasteiger partial charge is 0.0947 e. The Morgan fingerprint density at radius 1 is 1.29 bits per heavy atom. The van der Waals surface area contributed by atoms with Gasteiger partial charge in [-0.25, -0.2) is 0 Å². The Morgan fingerprint density at radius 2 is 2.05 bits per heavy atom. The fraction of sp³-hybridized carbons (Fsp3) is 0.684. The first-order valence-corrected chi connectivity index (χ1v) is 8.70. The number of unbranched alkanes of at least 4 members (excludes halogenated alkanes) is 1. The maximum Gasteiger partial charge on any atom is 0.0947 e. The maximum absolute atomic E-state index is 11.0. The van der Waals surface area contributed by atoms with E-state index in [9.17, 15) is 5.11 Å². The van der Waals surface area contributed by atoms with Crippen LogP contribution in [0.3, 0.4) is 0 Å². The highest BCUT2D eigenvalue weighted by atomic mass is 16.3. The molecule has 0 aliphatic heterocycles. The fourth-order valence-electron chi connectivity index (χ4n) is 3.55. The molecule has 0 aromatic heterocycles. The zero-order valence-corrected chi connectivity index (χ0v) is 13.9. The summed E-state index contributed by atoms with van der Waals surface area (Å²) >= 11 is 0. The monoisotopic (exact) mass is 289 g/mol. The molecule has 118 valence electrons. The van der Waals surface area contributed by atoms with Gasteiger partial charge in [0.15, 0.2) is 0 Å². The van der Waals surface area contributed by atoms with E-state index in [0.717, 1.165) is 31.4 Å². The van der Waals surface area contributed by atoms with Crippen molar-refractivity contribution in [2.75, 3.05) is 6.54 Å². The van der Waals surface area contributed by atoms with E-state index < -0.39 is 0 Å². The van der Waals surface area contributed by atoms with Crippen molar-refractivity contribution in [2.24, 2.45) is 0 Å². The minimum Gasteiger partial charge on any atom is -0.387 e. The number of aliphatic hydroxyl groups excluding tert-OH is 1. The Labute approximate surface area is 130 Å². The van der Waals surface area contributed by atoms with E-state index >= 15 is 0 Å². The molecule has 0 heterocycles. The van der Waals surface area contributed by atoms with Crippen LogP contribution in [-0.4, -0.2) is 28.6 Å². The second kappa shape index (κ2) is 7.95. The number of aryl methyl sites for hydroxylation is 1. The summed E-state index contributed by atoms with van der Waals surface area (Å²) in [6.45, 7) is 7.91. The van der Waals surface area contributed by atoms with Gasteiger partial charge in [0.05, 0.1) is 6.10 Å². The first-order valence-electron chi connectivity index (χ1n) is 8.70. The average molecular weight is 289 g/mol. The van der Waals surface area contributed by atoms with Gasteiger partial charge < -0.3 is 5.11 Å². The Morgan fingerprint density at radius 3 is 2.76 bits per heavy atom. The first kappa shape index (κ1) is 16.5. The number of aliphatic hydroxyl groups is 1. The highest BCUT2D eigenvalue weighted by Crippen LogP contribution is 2.33. The number of hydrogen-bond donors (Lipinski definition) is 1. The highest BCUT2D eigenvalue weighted by Gasteiger charge is 2.32. The van der Waals surface area contributed by atoms with Gasteiger partial charge >= 0.3 is 0 Å². The van der Waals surface area contributed by atoms with Crippen LogP contribution < -0.4 is 0 Å². The number of hydrogen-bond acceptors (Lipinski definition) is 2. The van der Waals surface area contributed by atoms with Gasteiger partial charge in [-0.1, -0.05) is 44.5 Å². The molecule has 3 unspecified atom stereocenters. The molecule has 1 aliphatic rings. The number of rotatable bonds is 6. The predicted octanol–water partition coefficient (Wildman–Crippen LogP) is 4.33. The largest absolute Gasteiger partial charge is 0.387 e. The van der Waals surface area contributed by atoms with Gasteiger partial charge in [-0.2, -0.15) is 0 Å². The van der Waals surface area contributed by atoms with E-state index in [2.05, 4.69) is 49.9 Å². The number of nitrogens with zero attached hydrogens (tertiary/aromatic N) is 1. The minimum absolute atomic E-state index is 0.273. The molecular weight excluding hydrogens is 258 g/mol. The Hall–Kier alpha value is -0.860. The van der Waals surface area contributed by atoms with Crippen molar-refractivity contribution in [1.29, 1.82) is 0 Å². The van der Waals surface area contributed by atoms with Crippen molar-refractivity contribution < 1.29 is 5.11 Å². The van der Waals surface area contributed by atoms with Gasteiger partial charge in [-0.05, 0) is 56.7 Å². The molecule has 1 aliphatic carbocycles. The summed E-state index contributed by atoms with van der Waals surface area (Å²) in [5, 5.41) is 11.0. The van der Waals surface area contributed by atoms with Crippen LogP contribution in [0.15, 0.2) is 24.3 Å². The molecule has 2 rings (SSSR count). The van der Waals surface area contributed by atoms with E-state index in [1.165, 1.54) is 24.8 Å². The SMILES string of the molecule is CCCCN(C(C)CC)C1CCCc2ccccc2C1O. The van der Waals surface area contributed by atoms with Crippen molar-refractivity contribution in [2.45, 2.75) is 77.5 Å². The van der Waals surface area contributed by atoms with Crippen molar-refractivity contribution >= 4 is 0 Å². The number of fused-ring (bicyclic) bond motifs is 1. The topological polar surface area (TPSA) is 23.5 Å². The Balaban J connectivity index is 2.23. The highest BCUT2D eigenvalue weighted by molar-refractivity contribution is 5.31. The third-order valence-corrected chi connectivity index (χ3v) is 5.04. The van der Waals surface area contributed by atoms with E-state index in [1.54, 1.807) is 0 Å². The summed E-state index contributed by atoms with van der Waals surface area (Å²) in [6.07, 6.45) is 6.62. The average Bonchev–Trinajstić information content (AvgIpc) is 2.68. The minimum atomic E-state index is -0.338. The van der Waals surface area contributed by atoms with Crippen LogP contribution in [0.25, 0.3) is 0 Å². The quantitative estimate of drug-likeness (QED) is 0.788. The first-order chi connectivity index (χ1) is 10.2. The molecule has 2 heteroatoms. The third-order valence-electron chi connectivity index (χ3n) is 5.04. The summed E-state index contributed by atoms with van der Waals surface area (Å²) in [7, 11) is 0. The Kier molecular flexibility index (Phi) is 6.25. The molecule has 0 saturated heterocycles. The zero-order chi connectivity index (χ0) is 15.2. The summed E-state index contributed by atoms with van der Waals surface area (Å²) < 4.78 is 0. The summed E-state index contributed by atoms with van der Waals surface area (Å²) in [4.78, 5) is 2.57. The predicted molar refractivity (Wildman–Crippen MR) is 89.5 cm³/mol. The molecular formula is C19H31NO. The van der Waals surface area contributed by atoms with Crippen molar-refractivity contribution in [3.63, 3.8) is 0 Å². The molecule has 1 N–H and O–H groups in total.